The van der Waals surface area contributed by atoms with E-state index in [1.165, 1.54) is 7.11 Å². The lowest BCUT2D eigenvalue weighted by Gasteiger charge is -2.20. The Labute approximate surface area is 74.6 Å². The van der Waals surface area contributed by atoms with Gasteiger partial charge in [-0.05, 0) is 13.3 Å². The quantitative estimate of drug-likeness (QED) is 0.523. The molecule has 0 aromatic carbocycles. The van der Waals surface area contributed by atoms with E-state index >= 15 is 0 Å². The van der Waals surface area contributed by atoms with E-state index in [-0.39, 0.29) is 5.97 Å². The van der Waals surface area contributed by atoms with Gasteiger partial charge in [-0.25, -0.2) is 0 Å². The number of carbonyl (C=O) groups is 1. The summed E-state index contributed by atoms with van der Waals surface area (Å²) in [5.74, 6) is -0.181. The maximum Gasteiger partial charge on any atom is 0.325 e. The Morgan fingerprint density at radius 2 is 2.45 bits per heavy atom. The Morgan fingerprint density at radius 1 is 1.82 bits per heavy atom. The predicted molar refractivity (Wildman–Crippen MR) is 45.8 cm³/mol. The van der Waals surface area contributed by atoms with Crippen LogP contribution in [0.25, 0.3) is 0 Å². The third kappa shape index (κ3) is 1.73. The highest BCUT2D eigenvalue weighted by atomic mass is 79.9. The lowest BCUT2D eigenvalue weighted by atomic mass is 10.0. The summed E-state index contributed by atoms with van der Waals surface area (Å²) in [7, 11) is 1.41. The van der Waals surface area contributed by atoms with Crippen LogP contribution >= 0.6 is 15.9 Å². The van der Waals surface area contributed by atoms with Crippen molar-refractivity contribution in [3.05, 3.63) is 0 Å². The summed E-state index contributed by atoms with van der Waals surface area (Å²) in [6, 6.07) is 0. The molecule has 11 heavy (non-hydrogen) atoms. The number of alkyl halides is 1. The SMILES string of the molecule is COC(=O)[C@@]1(C)C[C@H](Br)CN1. The van der Waals surface area contributed by atoms with Crippen molar-refractivity contribution >= 4 is 21.9 Å². The fourth-order valence-electron chi connectivity index (χ4n) is 1.30. The highest BCUT2D eigenvalue weighted by molar-refractivity contribution is 9.09. The molecule has 0 unspecified atom stereocenters. The molecular formula is C7H12BrNO2. The first-order valence-corrected chi connectivity index (χ1v) is 4.47. The number of methoxy groups -OCH3 is 1. The molecule has 1 aliphatic rings. The van der Waals surface area contributed by atoms with Crippen LogP contribution in [-0.4, -0.2) is 30.0 Å². The van der Waals surface area contributed by atoms with Crippen LogP contribution in [0.5, 0.6) is 0 Å². The van der Waals surface area contributed by atoms with E-state index in [0.29, 0.717) is 4.83 Å². The van der Waals surface area contributed by atoms with E-state index in [1.807, 2.05) is 6.92 Å². The molecule has 1 rings (SSSR count). The Kier molecular flexibility index (Phi) is 2.54. The molecular weight excluding hydrogens is 210 g/mol. The van der Waals surface area contributed by atoms with Crippen molar-refractivity contribution in [3.63, 3.8) is 0 Å². The van der Waals surface area contributed by atoms with Crippen molar-refractivity contribution in [2.24, 2.45) is 0 Å². The third-order valence-corrected chi connectivity index (χ3v) is 2.63. The van der Waals surface area contributed by atoms with Gasteiger partial charge in [0.1, 0.15) is 5.54 Å². The molecule has 0 aromatic rings. The van der Waals surface area contributed by atoms with Gasteiger partial charge in [-0.2, -0.15) is 0 Å². The first kappa shape index (κ1) is 9.00. The number of ether oxygens (including phenoxy) is 1. The molecule has 1 saturated heterocycles. The number of hydrogen-bond donors (Lipinski definition) is 1. The Balaban J connectivity index is 2.61. The second-order valence-electron chi connectivity index (χ2n) is 3.01. The smallest absolute Gasteiger partial charge is 0.325 e. The number of carbonyl (C=O) groups excluding carboxylic acids is 1. The van der Waals surface area contributed by atoms with Gasteiger partial charge in [-0.3, -0.25) is 4.79 Å². The summed E-state index contributed by atoms with van der Waals surface area (Å²) in [6.07, 6.45) is 0.791. The molecule has 1 fully saturated rings. The third-order valence-electron chi connectivity index (χ3n) is 1.98. The van der Waals surface area contributed by atoms with E-state index in [1.54, 1.807) is 0 Å². The van der Waals surface area contributed by atoms with Crippen LogP contribution in [0.3, 0.4) is 0 Å². The van der Waals surface area contributed by atoms with Gasteiger partial charge in [0.15, 0.2) is 0 Å². The van der Waals surface area contributed by atoms with E-state index in [4.69, 9.17) is 0 Å². The number of esters is 1. The number of rotatable bonds is 1. The molecule has 1 heterocycles. The molecule has 0 saturated carbocycles. The highest BCUT2D eigenvalue weighted by Gasteiger charge is 2.40. The second kappa shape index (κ2) is 3.11. The molecule has 0 radical (unpaired) electrons. The molecule has 0 spiro atoms. The molecule has 1 N–H and O–H groups in total. The van der Waals surface area contributed by atoms with Crippen molar-refractivity contribution in [2.75, 3.05) is 13.7 Å². The highest BCUT2D eigenvalue weighted by Crippen LogP contribution is 2.24. The standard InChI is InChI=1S/C7H12BrNO2/c1-7(6(10)11-2)3-5(8)4-9-7/h5,9H,3-4H2,1-2H3/t5-,7+/m0/s1. The van der Waals surface area contributed by atoms with Gasteiger partial charge in [0.25, 0.3) is 0 Å². The van der Waals surface area contributed by atoms with E-state index < -0.39 is 5.54 Å². The van der Waals surface area contributed by atoms with Crippen LogP contribution in [0.2, 0.25) is 0 Å². The van der Waals surface area contributed by atoms with Crippen LogP contribution in [0, 0.1) is 0 Å². The van der Waals surface area contributed by atoms with Gasteiger partial charge in [0.2, 0.25) is 0 Å². The van der Waals surface area contributed by atoms with Crippen LogP contribution in [-0.2, 0) is 9.53 Å². The van der Waals surface area contributed by atoms with Gasteiger partial charge < -0.3 is 10.1 Å². The summed E-state index contributed by atoms with van der Waals surface area (Å²) in [4.78, 5) is 11.6. The largest absolute Gasteiger partial charge is 0.468 e. The number of nitrogens with one attached hydrogen (secondary N) is 1. The van der Waals surface area contributed by atoms with E-state index in [0.717, 1.165) is 13.0 Å². The topological polar surface area (TPSA) is 38.3 Å². The second-order valence-corrected chi connectivity index (χ2v) is 4.30. The van der Waals surface area contributed by atoms with Crippen LogP contribution < -0.4 is 5.32 Å². The zero-order valence-electron chi connectivity index (χ0n) is 6.69. The van der Waals surface area contributed by atoms with Crippen molar-refractivity contribution in [3.8, 4) is 0 Å². The van der Waals surface area contributed by atoms with Gasteiger partial charge in [-0.1, -0.05) is 15.9 Å². The molecule has 0 aliphatic carbocycles. The summed E-state index contributed by atoms with van der Waals surface area (Å²) < 4.78 is 4.66. The van der Waals surface area contributed by atoms with E-state index in [2.05, 4.69) is 26.0 Å². The molecule has 0 bridgehead atoms. The molecule has 2 atom stereocenters. The minimum Gasteiger partial charge on any atom is -0.468 e. The van der Waals surface area contributed by atoms with Crippen LogP contribution in [0.1, 0.15) is 13.3 Å². The van der Waals surface area contributed by atoms with Crippen molar-refractivity contribution in [1.29, 1.82) is 0 Å². The summed E-state index contributed by atoms with van der Waals surface area (Å²) in [5.41, 5.74) is -0.483. The van der Waals surface area contributed by atoms with E-state index in [9.17, 15) is 4.79 Å². The Bertz CT molecular complexity index is 174. The molecule has 1 aliphatic heterocycles. The average Bonchev–Trinajstić information content (AvgIpc) is 2.31. The normalized spacial score (nSPS) is 37.2. The number of hydrogen-bond acceptors (Lipinski definition) is 3. The Morgan fingerprint density at radius 3 is 2.82 bits per heavy atom. The minimum absolute atomic E-state index is 0.181. The molecule has 0 amide bonds. The Hall–Kier alpha value is -0.0900. The maximum atomic E-state index is 11.2. The van der Waals surface area contributed by atoms with Crippen LogP contribution in [0.15, 0.2) is 0 Å². The first-order valence-electron chi connectivity index (χ1n) is 3.56. The zero-order valence-corrected chi connectivity index (χ0v) is 8.27. The minimum atomic E-state index is -0.483. The molecule has 3 nitrogen and oxygen atoms in total. The molecule has 0 aromatic heterocycles. The van der Waals surface area contributed by atoms with Gasteiger partial charge in [0.05, 0.1) is 7.11 Å². The van der Waals surface area contributed by atoms with Gasteiger partial charge in [0, 0.05) is 11.4 Å². The van der Waals surface area contributed by atoms with Gasteiger partial charge >= 0.3 is 5.97 Å². The monoisotopic (exact) mass is 221 g/mol. The maximum absolute atomic E-state index is 11.2. The molecule has 4 heteroatoms. The molecule has 64 valence electrons. The van der Waals surface area contributed by atoms with Crippen molar-refractivity contribution in [1.82, 2.24) is 5.32 Å². The summed E-state index contributed by atoms with van der Waals surface area (Å²) in [5, 5.41) is 3.11. The number of halogens is 1. The summed E-state index contributed by atoms with van der Waals surface area (Å²) in [6.45, 7) is 2.69. The predicted octanol–water partition coefficient (Wildman–Crippen LogP) is 0.675. The first-order chi connectivity index (χ1) is 5.08. The zero-order chi connectivity index (χ0) is 8.48. The fraction of sp³-hybridized carbons (Fsp3) is 0.857. The van der Waals surface area contributed by atoms with Crippen LogP contribution in [0.4, 0.5) is 0 Å². The summed E-state index contributed by atoms with van der Waals surface area (Å²) >= 11 is 3.44. The fourth-order valence-corrected chi connectivity index (χ4v) is 2.11. The van der Waals surface area contributed by atoms with Crippen molar-refractivity contribution < 1.29 is 9.53 Å². The van der Waals surface area contributed by atoms with Gasteiger partial charge in [-0.15, -0.1) is 0 Å². The lowest BCUT2D eigenvalue weighted by molar-refractivity contribution is -0.147. The van der Waals surface area contributed by atoms with Crippen molar-refractivity contribution in [2.45, 2.75) is 23.7 Å². The average molecular weight is 222 g/mol. The lowest BCUT2D eigenvalue weighted by Crippen LogP contribution is -2.45.